The second-order valence-corrected chi connectivity index (χ2v) is 46.0. The summed E-state index contributed by atoms with van der Waals surface area (Å²) in [4.78, 5) is 0. The van der Waals surface area contributed by atoms with Gasteiger partial charge in [0.05, 0.1) is 93.3 Å². The maximum absolute atomic E-state index is 10.4. The van der Waals surface area contributed by atoms with Crippen molar-refractivity contribution in [2.45, 2.75) is 182 Å². The molecule has 0 saturated heterocycles. The second-order valence-electron chi connectivity index (χ2n) is 36.0. The highest BCUT2D eigenvalue weighted by Gasteiger charge is 2.31. The summed E-state index contributed by atoms with van der Waals surface area (Å²) in [6, 6.07) is 57.0. The van der Waals surface area contributed by atoms with E-state index in [1.807, 2.05) is 72.8 Å². The molecule has 0 spiro atoms. The number of aliphatic hydroxyl groups excluding tert-OH is 8. The number of hydrogen-bond acceptors (Lipinski definition) is 24. The van der Waals surface area contributed by atoms with Gasteiger partial charge >= 0.3 is 0 Å². The molecule has 4 aromatic heterocycles. The third kappa shape index (κ3) is 34.8. The molecule has 12 rings (SSSR count). The molecule has 760 valence electrons. The van der Waals surface area contributed by atoms with Crippen molar-refractivity contribution in [1.29, 1.82) is 0 Å². The van der Waals surface area contributed by atoms with Crippen molar-refractivity contribution >= 4 is 227 Å². The number of benzene rings is 8. The average molecular weight is 2890 g/mol. The highest BCUT2D eigenvalue weighted by molar-refractivity contribution is 14.1. The first-order valence-corrected chi connectivity index (χ1v) is 55.7. The van der Waals surface area contributed by atoms with E-state index >= 15 is 0 Å². The van der Waals surface area contributed by atoms with Crippen LogP contribution >= 0.6 is 227 Å². The summed E-state index contributed by atoms with van der Waals surface area (Å²) in [5, 5.41) is 110. The molecule has 4 heterocycles. The number of nitrogens with zero attached hydrogens (tertiary/aromatic N) is 12. The van der Waals surface area contributed by atoms with Gasteiger partial charge in [-0.05, 0) is 322 Å². The fourth-order valence-electron chi connectivity index (χ4n) is 13.7. The van der Waals surface area contributed by atoms with Gasteiger partial charge in [0.2, 0.25) is 0 Å². The Kier molecular flexibility index (Phi) is 49.1. The van der Waals surface area contributed by atoms with Gasteiger partial charge < -0.3 is 78.7 Å². The van der Waals surface area contributed by atoms with E-state index in [0.29, 0.717) is 134 Å². The van der Waals surface area contributed by atoms with Gasteiger partial charge in [-0.15, -0.1) is 66.8 Å². The number of hydrogen-bond donors (Lipinski definition) is 8. The number of aliphatic hydroxyl groups is 8. The van der Waals surface area contributed by atoms with Crippen LogP contribution < -0.4 is 37.9 Å². The topological polar surface area (TPSA) is 359 Å². The van der Waals surface area contributed by atoms with Crippen molar-refractivity contribution in [3.8, 4) is 46.0 Å². The molecular formula is C100H120Cl4I8N12O16. The largest absolute Gasteiger partial charge is 0.493 e. The van der Waals surface area contributed by atoms with Gasteiger partial charge in [0.1, 0.15) is 134 Å². The Balaban J connectivity index is 0.000000209. The standard InChI is InChI=1S/4C25H30ClI2N3O4/c3*1-16(11-26)14-35-23-9-6-18(10-21(23)27)25(2,3)17-4-7-20(8-5-17)34-15-19(33)12-31-24(28)22(13-32)29-30-31;1-16(11-26)14-34-20-7-4-17(5-8-20)25(2,3)18-6-9-23(21(27)10-18)35-15-19(33)12-31-24(28)22(13-32)29-30-31/h4*4-10,16,19,32-33H,11-15H2,1-3H3/t2*16-,19+;16-,19-;/m100./s1/i4*28-4. The SMILES string of the molecule is CC(CCl)COc1ccc(C(C)(C)c2ccc(OCC(O)Cn3nnc(CO)c3[123I])c(I)c2)cc1.C[C@@H](CCl)COc1ccc(C(C)(C)c2ccc(OC[C@@H](O)Cn3nnc(CO)c3[123I])cc2)cc1I.C[C@@H](CCl)COc1ccc(C(C)(C)c2ccc(OC[C@H](O)Cn3nnc(CO)c3[123I])cc2)cc1I.C[C@H](CCl)COc1ccc(C(C)(C)c2ccc(OC[C@@H](O)Cn3nnc(CO)c3[123I])cc2)cc1I. The van der Waals surface area contributed by atoms with Crippen LogP contribution in [0.3, 0.4) is 0 Å². The van der Waals surface area contributed by atoms with Gasteiger partial charge in [0, 0.05) is 68.9 Å². The first-order chi connectivity index (χ1) is 66.6. The van der Waals surface area contributed by atoms with E-state index in [0.717, 1.165) is 59.5 Å². The number of aromatic nitrogens is 12. The van der Waals surface area contributed by atoms with Crippen LogP contribution in [0, 0.1) is 52.8 Å². The first-order valence-electron chi connectivity index (χ1n) is 45.0. The molecule has 28 nitrogen and oxygen atoms in total. The Morgan fingerprint density at radius 3 is 0.629 bits per heavy atom. The van der Waals surface area contributed by atoms with E-state index < -0.39 is 24.4 Å². The van der Waals surface area contributed by atoms with Crippen molar-refractivity contribution in [1.82, 2.24) is 60.0 Å². The van der Waals surface area contributed by atoms with Crippen molar-refractivity contribution in [3.63, 3.8) is 0 Å². The molecular weight excluding hydrogens is 2770 g/mol. The van der Waals surface area contributed by atoms with Crippen LogP contribution in [0.2, 0.25) is 0 Å². The maximum Gasteiger partial charge on any atom is 0.132 e. The fraction of sp³-hybridized carbons (Fsp3) is 0.440. The van der Waals surface area contributed by atoms with E-state index in [1.165, 1.54) is 22.3 Å². The zero-order valence-corrected chi connectivity index (χ0v) is 100.0. The smallest absolute Gasteiger partial charge is 0.132 e. The molecule has 8 N–H and O–H groups in total. The zero-order valence-electron chi connectivity index (χ0n) is 79.7. The van der Waals surface area contributed by atoms with E-state index in [2.05, 4.69) is 402 Å². The Hall–Kier alpha value is -4.60. The minimum Gasteiger partial charge on any atom is -0.493 e. The molecule has 140 heavy (non-hydrogen) atoms. The van der Waals surface area contributed by atoms with Crippen molar-refractivity contribution in [2.75, 3.05) is 76.4 Å². The summed E-state index contributed by atoms with van der Waals surface area (Å²) in [5.74, 6) is 9.73. The van der Waals surface area contributed by atoms with Crippen LogP contribution in [0.15, 0.2) is 170 Å². The quantitative estimate of drug-likeness (QED) is 0.0130. The third-order valence-corrected chi connectivity index (χ3v) is 33.1. The normalized spacial score (nSPS) is 13.5. The van der Waals surface area contributed by atoms with Crippen molar-refractivity contribution in [3.05, 3.63) is 266 Å². The Labute approximate surface area is 948 Å². The Morgan fingerprint density at radius 2 is 0.450 bits per heavy atom. The minimum absolute atomic E-state index is 0.118. The van der Waals surface area contributed by atoms with Gasteiger partial charge in [-0.2, -0.15) is 0 Å². The second kappa shape index (κ2) is 57.8. The third-order valence-electron chi connectivity index (χ3n) is 22.9. The lowest BCUT2D eigenvalue weighted by Gasteiger charge is -2.27. The van der Waals surface area contributed by atoms with Gasteiger partial charge in [-0.25, -0.2) is 18.7 Å². The molecule has 0 aliphatic carbocycles. The van der Waals surface area contributed by atoms with Crippen LogP contribution in [0.1, 0.15) is 150 Å². The molecule has 0 saturated carbocycles. The summed E-state index contributed by atoms with van der Waals surface area (Å²) in [6.45, 7) is 28.9. The van der Waals surface area contributed by atoms with Crippen LogP contribution in [-0.2, 0) is 74.3 Å². The lowest BCUT2D eigenvalue weighted by atomic mass is 9.78. The van der Waals surface area contributed by atoms with Gasteiger partial charge in [-0.3, -0.25) is 0 Å². The molecule has 40 heteroatoms. The molecule has 8 aromatic carbocycles. The van der Waals surface area contributed by atoms with Crippen molar-refractivity contribution in [2.24, 2.45) is 23.7 Å². The molecule has 2 unspecified atom stereocenters. The van der Waals surface area contributed by atoms with E-state index in [-0.39, 0.29) is 101 Å². The summed E-state index contributed by atoms with van der Waals surface area (Å²) >= 11 is 40.9. The summed E-state index contributed by atoms with van der Waals surface area (Å²) in [5.41, 5.74) is 10.5. The van der Waals surface area contributed by atoms with Gasteiger partial charge in [0.15, 0.2) is 0 Å². The molecule has 0 aliphatic heterocycles. The minimum atomic E-state index is -0.767. The monoisotopic (exact) mass is 2880 g/mol. The Bertz CT molecular complexity index is 5420. The lowest BCUT2D eigenvalue weighted by molar-refractivity contribution is 0.0876. The molecule has 12 aromatic rings. The van der Waals surface area contributed by atoms with Crippen LogP contribution in [0.5, 0.6) is 46.0 Å². The van der Waals surface area contributed by atoms with E-state index in [9.17, 15) is 40.9 Å². The average Bonchev–Trinajstić information content (AvgIpc) is 1.76. The Morgan fingerprint density at radius 1 is 0.279 bits per heavy atom. The van der Waals surface area contributed by atoms with Crippen LogP contribution in [0.25, 0.3) is 0 Å². The summed E-state index contributed by atoms with van der Waals surface area (Å²) < 4.78 is 60.1. The van der Waals surface area contributed by atoms with Gasteiger partial charge in [-0.1, -0.05) is 177 Å². The fourth-order valence-corrected chi connectivity index (χ4v) is 19.0. The molecule has 0 bridgehead atoms. The van der Waals surface area contributed by atoms with Crippen LogP contribution in [-0.4, -0.2) is 202 Å². The van der Waals surface area contributed by atoms with Crippen molar-refractivity contribution < 1.29 is 78.7 Å². The number of halogens is 12. The summed E-state index contributed by atoms with van der Waals surface area (Å²) in [6.07, 6.45) is -3.05. The molecule has 8 atom stereocenters. The predicted octanol–water partition coefficient (Wildman–Crippen LogP) is 20.0. The highest BCUT2D eigenvalue weighted by Crippen LogP contribution is 2.41. The predicted molar refractivity (Wildman–Crippen MR) is 613 cm³/mol. The number of rotatable bonds is 48. The zero-order chi connectivity index (χ0) is 102. The van der Waals surface area contributed by atoms with E-state index in [1.54, 1.807) is 18.7 Å². The first kappa shape index (κ1) is 119. The molecule has 0 radical (unpaired) electrons. The maximum atomic E-state index is 10.4. The van der Waals surface area contributed by atoms with Crippen LogP contribution in [0.4, 0.5) is 0 Å². The molecule has 0 aliphatic rings. The summed E-state index contributed by atoms with van der Waals surface area (Å²) in [7, 11) is 0. The van der Waals surface area contributed by atoms with Gasteiger partial charge in [0.25, 0.3) is 0 Å². The van der Waals surface area contributed by atoms with E-state index in [4.69, 9.17) is 84.3 Å². The lowest BCUT2D eigenvalue weighted by Crippen LogP contribution is -2.25. The molecule has 0 amide bonds. The highest BCUT2D eigenvalue weighted by atomic mass is 127. The number of alkyl halides is 4. The number of ether oxygens (including phenoxy) is 8. The molecule has 0 fully saturated rings.